The fourth-order valence-electron chi connectivity index (χ4n) is 1.67. The number of benzene rings is 1. The van der Waals surface area contributed by atoms with Crippen molar-refractivity contribution in [3.05, 3.63) is 33.9 Å². The van der Waals surface area contributed by atoms with E-state index in [-0.39, 0.29) is 5.69 Å². The van der Waals surface area contributed by atoms with Crippen LogP contribution in [0.3, 0.4) is 0 Å². The Morgan fingerprint density at radius 2 is 2.06 bits per heavy atom. The average molecular weight is 222 g/mol. The van der Waals surface area contributed by atoms with Crippen molar-refractivity contribution in [1.29, 1.82) is 0 Å². The van der Waals surface area contributed by atoms with Crippen LogP contribution in [0.1, 0.15) is 38.2 Å². The summed E-state index contributed by atoms with van der Waals surface area (Å²) in [7, 11) is 0. The summed E-state index contributed by atoms with van der Waals surface area (Å²) in [6, 6.07) is 4.72. The van der Waals surface area contributed by atoms with Crippen LogP contribution >= 0.6 is 0 Å². The highest BCUT2D eigenvalue weighted by molar-refractivity contribution is 5.53. The third-order valence-corrected chi connectivity index (χ3v) is 2.64. The molecule has 0 unspecified atom stereocenters. The zero-order valence-electron chi connectivity index (χ0n) is 9.61. The number of rotatable bonds is 6. The van der Waals surface area contributed by atoms with E-state index in [9.17, 15) is 10.1 Å². The normalized spacial score (nSPS) is 10.3. The summed E-state index contributed by atoms with van der Waals surface area (Å²) in [5, 5.41) is 10.5. The standard InChI is InChI=1S/C12H18N2O2/c1-2-3-4-5-6-10-7-8-11(14(15)16)9-12(10)13/h7-9H,2-6,13H2,1H3. The molecule has 88 valence electrons. The number of nitrogens with zero attached hydrogens (tertiary/aromatic N) is 1. The molecule has 0 heterocycles. The molecule has 0 radical (unpaired) electrons. The number of nitrogen functional groups attached to an aromatic ring is 1. The minimum atomic E-state index is -0.419. The second kappa shape index (κ2) is 6.10. The van der Waals surface area contributed by atoms with Crippen molar-refractivity contribution < 1.29 is 4.92 Å². The van der Waals surface area contributed by atoms with Crippen molar-refractivity contribution in [3.8, 4) is 0 Å². The number of unbranched alkanes of at least 4 members (excludes halogenated alkanes) is 3. The Bertz CT molecular complexity index is 364. The smallest absolute Gasteiger partial charge is 0.271 e. The van der Waals surface area contributed by atoms with Gasteiger partial charge in [0.2, 0.25) is 0 Å². The van der Waals surface area contributed by atoms with E-state index in [4.69, 9.17) is 5.73 Å². The van der Waals surface area contributed by atoms with Crippen LogP contribution in [0.25, 0.3) is 0 Å². The van der Waals surface area contributed by atoms with Crippen molar-refractivity contribution in [2.45, 2.75) is 39.0 Å². The van der Waals surface area contributed by atoms with E-state index in [0.29, 0.717) is 5.69 Å². The summed E-state index contributed by atoms with van der Waals surface area (Å²) < 4.78 is 0. The van der Waals surface area contributed by atoms with Crippen LogP contribution in [0.15, 0.2) is 18.2 Å². The van der Waals surface area contributed by atoms with Crippen LogP contribution in [-0.2, 0) is 6.42 Å². The fraction of sp³-hybridized carbons (Fsp3) is 0.500. The summed E-state index contributed by atoms with van der Waals surface area (Å²) in [5.74, 6) is 0. The number of non-ortho nitro benzene ring substituents is 1. The van der Waals surface area contributed by atoms with Crippen LogP contribution < -0.4 is 5.73 Å². The van der Waals surface area contributed by atoms with Gasteiger partial charge in [-0.2, -0.15) is 0 Å². The third kappa shape index (κ3) is 3.53. The molecule has 0 spiro atoms. The van der Waals surface area contributed by atoms with Crippen molar-refractivity contribution >= 4 is 11.4 Å². The van der Waals surface area contributed by atoms with Crippen molar-refractivity contribution in [1.82, 2.24) is 0 Å². The maximum absolute atomic E-state index is 10.5. The summed E-state index contributed by atoms with van der Waals surface area (Å²) in [6.45, 7) is 2.17. The lowest BCUT2D eigenvalue weighted by atomic mass is 10.0. The third-order valence-electron chi connectivity index (χ3n) is 2.64. The van der Waals surface area contributed by atoms with Crippen LogP contribution in [0.2, 0.25) is 0 Å². The summed E-state index contributed by atoms with van der Waals surface area (Å²) >= 11 is 0. The molecular weight excluding hydrogens is 204 g/mol. The van der Waals surface area contributed by atoms with E-state index in [1.54, 1.807) is 6.07 Å². The Kier molecular flexibility index (Phi) is 4.76. The highest BCUT2D eigenvalue weighted by Crippen LogP contribution is 2.21. The molecule has 0 amide bonds. The number of hydrogen-bond donors (Lipinski definition) is 1. The zero-order valence-corrected chi connectivity index (χ0v) is 9.61. The van der Waals surface area contributed by atoms with Gasteiger partial charge in [0.15, 0.2) is 0 Å². The Balaban J connectivity index is 2.57. The molecule has 0 bridgehead atoms. The molecule has 2 N–H and O–H groups in total. The van der Waals surface area contributed by atoms with E-state index in [0.717, 1.165) is 18.4 Å². The van der Waals surface area contributed by atoms with Crippen LogP contribution in [0.4, 0.5) is 11.4 Å². The van der Waals surface area contributed by atoms with E-state index < -0.39 is 4.92 Å². The summed E-state index contributed by atoms with van der Waals surface area (Å²) in [5.41, 5.74) is 7.38. The number of nitrogens with two attached hydrogens (primary N) is 1. The first-order valence-corrected chi connectivity index (χ1v) is 5.68. The Morgan fingerprint density at radius 1 is 1.31 bits per heavy atom. The molecule has 16 heavy (non-hydrogen) atoms. The van der Waals surface area contributed by atoms with Gasteiger partial charge in [-0.1, -0.05) is 32.3 Å². The van der Waals surface area contributed by atoms with E-state index in [1.165, 1.54) is 31.4 Å². The summed E-state index contributed by atoms with van der Waals surface area (Å²) in [6.07, 6.45) is 5.62. The lowest BCUT2D eigenvalue weighted by Gasteiger charge is -2.04. The molecule has 0 aliphatic rings. The van der Waals surface area contributed by atoms with Gasteiger partial charge in [0.05, 0.1) is 4.92 Å². The molecule has 0 atom stereocenters. The van der Waals surface area contributed by atoms with Gasteiger partial charge in [-0.05, 0) is 18.4 Å². The minimum absolute atomic E-state index is 0.0646. The topological polar surface area (TPSA) is 69.2 Å². The zero-order chi connectivity index (χ0) is 12.0. The van der Waals surface area contributed by atoms with E-state index in [1.807, 2.05) is 0 Å². The number of anilines is 1. The predicted octanol–water partition coefficient (Wildman–Crippen LogP) is 3.30. The average Bonchev–Trinajstić information content (AvgIpc) is 2.26. The van der Waals surface area contributed by atoms with Crippen molar-refractivity contribution in [2.75, 3.05) is 5.73 Å². The molecule has 0 saturated carbocycles. The van der Waals surface area contributed by atoms with E-state index >= 15 is 0 Å². The predicted molar refractivity (Wildman–Crippen MR) is 65.4 cm³/mol. The van der Waals surface area contributed by atoms with Crippen molar-refractivity contribution in [2.24, 2.45) is 0 Å². The van der Waals surface area contributed by atoms with Gasteiger partial charge in [0.1, 0.15) is 0 Å². The lowest BCUT2D eigenvalue weighted by Crippen LogP contribution is -1.97. The Morgan fingerprint density at radius 3 is 2.62 bits per heavy atom. The molecule has 0 saturated heterocycles. The monoisotopic (exact) mass is 222 g/mol. The molecule has 4 heteroatoms. The first-order valence-electron chi connectivity index (χ1n) is 5.68. The van der Waals surface area contributed by atoms with Gasteiger partial charge in [0, 0.05) is 17.8 Å². The second-order valence-corrected chi connectivity index (χ2v) is 3.95. The molecule has 0 fully saturated rings. The molecular formula is C12H18N2O2. The molecule has 0 aromatic heterocycles. The van der Waals surface area contributed by atoms with Crippen LogP contribution in [0, 0.1) is 10.1 Å². The Labute approximate surface area is 95.6 Å². The highest BCUT2D eigenvalue weighted by atomic mass is 16.6. The lowest BCUT2D eigenvalue weighted by molar-refractivity contribution is -0.384. The van der Waals surface area contributed by atoms with Gasteiger partial charge >= 0.3 is 0 Å². The molecule has 4 nitrogen and oxygen atoms in total. The maximum atomic E-state index is 10.5. The first-order chi connectivity index (χ1) is 7.65. The van der Waals surface area contributed by atoms with Crippen LogP contribution in [-0.4, -0.2) is 4.92 Å². The fourth-order valence-corrected chi connectivity index (χ4v) is 1.67. The second-order valence-electron chi connectivity index (χ2n) is 3.95. The van der Waals surface area contributed by atoms with E-state index in [2.05, 4.69) is 6.92 Å². The number of nitro benzene ring substituents is 1. The molecule has 1 aromatic rings. The molecule has 0 aliphatic heterocycles. The number of nitro groups is 1. The minimum Gasteiger partial charge on any atom is -0.398 e. The van der Waals surface area contributed by atoms with Crippen molar-refractivity contribution in [3.63, 3.8) is 0 Å². The molecule has 1 rings (SSSR count). The van der Waals surface area contributed by atoms with Gasteiger partial charge in [-0.3, -0.25) is 10.1 Å². The largest absolute Gasteiger partial charge is 0.398 e. The Hall–Kier alpha value is -1.58. The van der Waals surface area contributed by atoms with Crippen LogP contribution in [0.5, 0.6) is 0 Å². The quantitative estimate of drug-likeness (QED) is 0.347. The van der Waals surface area contributed by atoms with Gasteiger partial charge < -0.3 is 5.73 Å². The van der Waals surface area contributed by atoms with Gasteiger partial charge in [-0.15, -0.1) is 0 Å². The maximum Gasteiger partial charge on any atom is 0.271 e. The number of aryl methyl sites for hydroxylation is 1. The van der Waals surface area contributed by atoms with Gasteiger partial charge in [-0.25, -0.2) is 0 Å². The SMILES string of the molecule is CCCCCCc1ccc([N+](=O)[O-])cc1N. The first kappa shape index (κ1) is 12.5. The summed E-state index contributed by atoms with van der Waals surface area (Å²) in [4.78, 5) is 10.1. The molecule has 1 aromatic carbocycles. The number of hydrogen-bond acceptors (Lipinski definition) is 3. The molecule has 0 aliphatic carbocycles. The highest BCUT2D eigenvalue weighted by Gasteiger charge is 2.08. The van der Waals surface area contributed by atoms with Gasteiger partial charge in [0.25, 0.3) is 5.69 Å².